The normalized spacial score (nSPS) is 21.8. The summed E-state index contributed by atoms with van der Waals surface area (Å²) in [6.07, 6.45) is 1.73. The predicted molar refractivity (Wildman–Crippen MR) is 103 cm³/mol. The number of carboxylic acids is 1. The van der Waals surface area contributed by atoms with Crippen LogP contribution in [0.1, 0.15) is 22.9 Å². The van der Waals surface area contributed by atoms with Crippen LogP contribution in [0.5, 0.6) is 5.75 Å². The fourth-order valence-electron chi connectivity index (χ4n) is 4.06. The van der Waals surface area contributed by atoms with E-state index in [4.69, 9.17) is 16.3 Å². The van der Waals surface area contributed by atoms with Crippen LogP contribution in [0.4, 0.5) is 0 Å². The Hall–Kier alpha value is -1.53. The van der Waals surface area contributed by atoms with Gasteiger partial charge < -0.3 is 24.5 Å². The molecule has 29 heavy (non-hydrogen) atoms. The van der Waals surface area contributed by atoms with Crippen molar-refractivity contribution in [2.24, 2.45) is 0 Å². The number of aromatic nitrogens is 1. The molecule has 0 spiro atoms. The zero-order valence-electron chi connectivity index (χ0n) is 16.4. The van der Waals surface area contributed by atoms with Gasteiger partial charge in [0, 0.05) is 42.0 Å². The van der Waals surface area contributed by atoms with Crippen molar-refractivity contribution in [1.82, 2.24) is 14.7 Å². The van der Waals surface area contributed by atoms with E-state index in [1.165, 1.54) is 0 Å². The number of carbonyl (C=O) groups is 1. The summed E-state index contributed by atoms with van der Waals surface area (Å²) in [5, 5.41) is 22.3. The minimum Gasteiger partial charge on any atom is -0.548 e. The third-order valence-electron chi connectivity index (χ3n) is 5.41. The van der Waals surface area contributed by atoms with Crippen molar-refractivity contribution in [3.63, 3.8) is 0 Å². The van der Waals surface area contributed by atoms with E-state index in [1.807, 2.05) is 18.2 Å². The summed E-state index contributed by atoms with van der Waals surface area (Å²) in [5.41, 5.74) is 2.68. The standard InChI is InChI=1S/C19H21BClN3O4.Li/c1-20(27)24-8-7-23(10-15(24)19(25)26)18-14-5-4-13(21)9-16(14)28-11-12-3-2-6-22-17(12)18;/h2-6,9,15,18,27H,7-8,10-11H2,1H3,(H,25,26);/q;+1/p-1/t15-,18-;/m1./s1. The van der Waals surface area contributed by atoms with Gasteiger partial charge in [-0.15, -0.1) is 0 Å². The second kappa shape index (κ2) is 9.09. The molecule has 146 valence electrons. The van der Waals surface area contributed by atoms with Gasteiger partial charge in [0.1, 0.15) is 12.4 Å². The molecule has 3 heterocycles. The first-order chi connectivity index (χ1) is 13.5. The Balaban J connectivity index is 0.00000240. The molecule has 1 N–H and O–H groups in total. The van der Waals surface area contributed by atoms with E-state index in [0.29, 0.717) is 30.5 Å². The summed E-state index contributed by atoms with van der Waals surface area (Å²) in [4.78, 5) is 20.0. The summed E-state index contributed by atoms with van der Waals surface area (Å²) in [6, 6.07) is 8.11. The molecule has 2 aliphatic heterocycles. The van der Waals surface area contributed by atoms with Crippen molar-refractivity contribution >= 4 is 24.6 Å². The molecule has 2 aromatic rings. The van der Waals surface area contributed by atoms with E-state index >= 15 is 0 Å². The first-order valence-corrected chi connectivity index (χ1v) is 9.58. The molecular formula is C19H20BClLiN3O4. The van der Waals surface area contributed by atoms with Crippen molar-refractivity contribution in [3.8, 4) is 5.75 Å². The Morgan fingerprint density at radius 2 is 2.17 bits per heavy atom. The molecule has 1 aromatic heterocycles. The third kappa shape index (κ3) is 4.34. The third-order valence-corrected chi connectivity index (χ3v) is 5.64. The molecule has 0 aliphatic carbocycles. The van der Waals surface area contributed by atoms with Crippen molar-refractivity contribution < 1.29 is 38.5 Å². The van der Waals surface area contributed by atoms with Gasteiger partial charge in [-0.1, -0.05) is 23.7 Å². The van der Waals surface area contributed by atoms with Crippen LogP contribution in [0.15, 0.2) is 36.5 Å². The topological polar surface area (TPSA) is 89.0 Å². The van der Waals surface area contributed by atoms with Gasteiger partial charge in [0.15, 0.2) is 0 Å². The van der Waals surface area contributed by atoms with Crippen LogP contribution in [0.3, 0.4) is 0 Å². The monoisotopic (exact) mass is 407 g/mol. The molecule has 0 radical (unpaired) electrons. The van der Waals surface area contributed by atoms with Gasteiger partial charge in [-0.2, -0.15) is 0 Å². The molecule has 10 heteroatoms. The molecule has 1 aromatic carbocycles. The Labute approximate surface area is 186 Å². The van der Waals surface area contributed by atoms with E-state index in [-0.39, 0.29) is 31.4 Å². The van der Waals surface area contributed by atoms with Crippen LogP contribution in [0.25, 0.3) is 0 Å². The van der Waals surface area contributed by atoms with Crippen LogP contribution < -0.4 is 28.7 Å². The van der Waals surface area contributed by atoms with Gasteiger partial charge in [0.05, 0.1) is 23.7 Å². The number of fused-ring (bicyclic) bond motifs is 2. The molecule has 0 amide bonds. The average Bonchev–Trinajstić information content (AvgIpc) is 2.84. The summed E-state index contributed by atoms with van der Waals surface area (Å²) >= 11 is 6.16. The van der Waals surface area contributed by atoms with Crippen molar-refractivity contribution in [1.29, 1.82) is 0 Å². The zero-order valence-corrected chi connectivity index (χ0v) is 17.2. The second-order valence-electron chi connectivity index (χ2n) is 7.12. The molecule has 1 fully saturated rings. The van der Waals surface area contributed by atoms with Crippen molar-refractivity contribution in [2.45, 2.75) is 25.5 Å². The first-order valence-electron chi connectivity index (χ1n) is 9.20. The Bertz CT molecular complexity index is 904. The largest absolute Gasteiger partial charge is 1.00 e. The van der Waals surface area contributed by atoms with E-state index in [2.05, 4.69) is 9.88 Å². The number of hydrogen-bond donors (Lipinski definition) is 1. The Morgan fingerprint density at radius 1 is 1.38 bits per heavy atom. The number of pyridine rings is 1. The second-order valence-corrected chi connectivity index (χ2v) is 7.56. The van der Waals surface area contributed by atoms with Crippen molar-refractivity contribution in [3.05, 3.63) is 58.4 Å². The van der Waals surface area contributed by atoms with Crippen LogP contribution in [0, 0.1) is 0 Å². The number of carbonyl (C=O) groups excluding carboxylic acids is 1. The predicted octanol–water partition coefficient (Wildman–Crippen LogP) is -2.43. The van der Waals surface area contributed by atoms with Gasteiger partial charge in [0.25, 0.3) is 0 Å². The number of halogens is 1. The maximum atomic E-state index is 11.8. The van der Waals surface area contributed by atoms with Crippen LogP contribution in [0.2, 0.25) is 11.8 Å². The van der Waals surface area contributed by atoms with E-state index in [1.54, 1.807) is 30.0 Å². The quantitative estimate of drug-likeness (QED) is 0.566. The van der Waals surface area contributed by atoms with Gasteiger partial charge >= 0.3 is 25.9 Å². The van der Waals surface area contributed by atoms with E-state index in [9.17, 15) is 14.9 Å². The van der Waals surface area contributed by atoms with Gasteiger partial charge in [-0.25, -0.2) is 0 Å². The molecular weight excluding hydrogens is 387 g/mol. The number of piperazine rings is 1. The molecule has 0 bridgehead atoms. The van der Waals surface area contributed by atoms with Crippen LogP contribution in [-0.2, 0) is 11.4 Å². The number of ether oxygens (including phenoxy) is 1. The SMILES string of the molecule is CB(O)N1CCN([C@@H]2c3ccc(Cl)cc3OCc3cccnc32)C[C@@H]1C(=O)[O-].[Li+]. The fourth-order valence-corrected chi connectivity index (χ4v) is 4.22. The minimum absolute atomic E-state index is 0. The molecule has 4 rings (SSSR count). The number of carboxylic acid groups (broad SMARTS) is 1. The van der Waals surface area contributed by atoms with E-state index < -0.39 is 19.1 Å². The molecule has 1 saturated heterocycles. The molecule has 0 unspecified atom stereocenters. The summed E-state index contributed by atoms with van der Waals surface area (Å²) in [6.45, 7) is 3.11. The summed E-state index contributed by atoms with van der Waals surface area (Å²) in [7, 11) is -0.862. The van der Waals surface area contributed by atoms with Crippen molar-refractivity contribution in [2.75, 3.05) is 19.6 Å². The number of aliphatic carboxylic acids is 1. The average molecular weight is 408 g/mol. The fraction of sp³-hybridized carbons (Fsp3) is 0.368. The maximum absolute atomic E-state index is 11.8. The van der Waals surface area contributed by atoms with Gasteiger partial charge in [0.2, 0.25) is 0 Å². The van der Waals surface area contributed by atoms with Crippen LogP contribution >= 0.6 is 11.6 Å². The smallest absolute Gasteiger partial charge is 0.548 e. The minimum atomic E-state index is -1.20. The number of hydrogen-bond acceptors (Lipinski definition) is 7. The molecule has 0 saturated carbocycles. The Morgan fingerprint density at radius 3 is 2.90 bits per heavy atom. The summed E-state index contributed by atoms with van der Waals surface area (Å²) < 4.78 is 5.98. The Kier molecular flexibility index (Phi) is 6.95. The number of benzene rings is 1. The number of rotatable bonds is 3. The van der Waals surface area contributed by atoms with E-state index in [0.717, 1.165) is 16.8 Å². The molecule has 7 nitrogen and oxygen atoms in total. The van der Waals surface area contributed by atoms with Gasteiger partial charge in [-0.05, 0) is 25.0 Å². The summed E-state index contributed by atoms with van der Waals surface area (Å²) in [5.74, 6) is -0.536. The number of nitrogens with zero attached hydrogens (tertiary/aromatic N) is 3. The van der Waals surface area contributed by atoms with Crippen LogP contribution in [-0.4, -0.2) is 58.4 Å². The molecule has 2 aliphatic rings. The first kappa shape index (κ1) is 22.2. The molecule has 2 atom stereocenters. The maximum Gasteiger partial charge on any atom is 1.00 e. The van der Waals surface area contributed by atoms with Gasteiger partial charge in [-0.3, -0.25) is 9.88 Å². The zero-order chi connectivity index (χ0) is 19.8.